The van der Waals surface area contributed by atoms with Gasteiger partial charge in [-0.25, -0.2) is 4.39 Å². The van der Waals surface area contributed by atoms with Gasteiger partial charge in [-0.05, 0) is 74.2 Å². The summed E-state index contributed by atoms with van der Waals surface area (Å²) >= 11 is 0. The molecule has 2 aromatic carbocycles. The van der Waals surface area contributed by atoms with Gasteiger partial charge in [-0.3, -0.25) is 9.59 Å². The molecule has 2 heterocycles. The number of halogens is 1. The number of ether oxygens (including phenoxy) is 1. The van der Waals surface area contributed by atoms with E-state index in [2.05, 4.69) is 0 Å². The molecule has 0 radical (unpaired) electrons. The molecule has 2 aliphatic heterocycles. The van der Waals surface area contributed by atoms with Gasteiger partial charge in [0.2, 0.25) is 0 Å². The molecule has 29 heavy (non-hydrogen) atoms. The van der Waals surface area contributed by atoms with Crippen molar-refractivity contribution in [1.29, 1.82) is 0 Å². The summed E-state index contributed by atoms with van der Waals surface area (Å²) < 4.78 is 19.0. The second-order valence-electron chi connectivity index (χ2n) is 7.64. The van der Waals surface area contributed by atoms with E-state index in [1.807, 2.05) is 17.0 Å². The summed E-state index contributed by atoms with van der Waals surface area (Å²) in [7, 11) is 0. The summed E-state index contributed by atoms with van der Waals surface area (Å²) in [4.78, 5) is 28.8. The maximum Gasteiger partial charge on any atom is 0.254 e. The van der Waals surface area contributed by atoms with Crippen molar-refractivity contribution in [2.24, 2.45) is 0 Å². The first-order valence-corrected chi connectivity index (χ1v) is 10.2. The van der Waals surface area contributed by atoms with E-state index in [1.165, 1.54) is 24.3 Å². The van der Waals surface area contributed by atoms with E-state index in [9.17, 15) is 14.0 Å². The van der Waals surface area contributed by atoms with Crippen LogP contribution in [0.3, 0.4) is 0 Å². The third kappa shape index (κ3) is 4.42. The monoisotopic (exact) mass is 396 g/mol. The second kappa shape index (κ2) is 8.64. The van der Waals surface area contributed by atoms with Crippen molar-refractivity contribution in [3.8, 4) is 5.75 Å². The highest BCUT2D eigenvalue weighted by Gasteiger charge is 2.30. The number of likely N-dealkylation sites (tertiary alicyclic amines) is 2. The van der Waals surface area contributed by atoms with Crippen LogP contribution in [0.2, 0.25) is 0 Å². The van der Waals surface area contributed by atoms with Crippen molar-refractivity contribution in [2.75, 3.05) is 26.2 Å². The van der Waals surface area contributed by atoms with E-state index in [-0.39, 0.29) is 23.7 Å². The molecular formula is C23H25FN2O3. The lowest BCUT2D eigenvalue weighted by atomic mass is 10.1. The van der Waals surface area contributed by atoms with Crippen LogP contribution >= 0.6 is 0 Å². The Morgan fingerprint density at radius 1 is 0.862 bits per heavy atom. The predicted octanol–water partition coefficient (Wildman–Crippen LogP) is 3.75. The number of benzene rings is 2. The van der Waals surface area contributed by atoms with Crippen LogP contribution in [-0.2, 0) is 0 Å². The van der Waals surface area contributed by atoms with E-state index >= 15 is 0 Å². The lowest BCUT2D eigenvalue weighted by molar-refractivity contribution is 0.0690. The smallest absolute Gasteiger partial charge is 0.254 e. The first-order valence-electron chi connectivity index (χ1n) is 10.2. The molecular weight excluding hydrogens is 371 g/mol. The van der Waals surface area contributed by atoms with E-state index in [4.69, 9.17) is 4.74 Å². The molecule has 0 saturated carbocycles. The van der Waals surface area contributed by atoms with Crippen LogP contribution in [-0.4, -0.2) is 53.9 Å². The third-order valence-electron chi connectivity index (χ3n) is 5.67. The van der Waals surface area contributed by atoms with E-state index in [1.54, 1.807) is 17.0 Å². The molecule has 5 nitrogen and oxygen atoms in total. The number of hydrogen-bond acceptors (Lipinski definition) is 3. The highest BCUT2D eigenvalue weighted by atomic mass is 19.1. The van der Waals surface area contributed by atoms with Crippen molar-refractivity contribution in [1.82, 2.24) is 9.80 Å². The standard InChI is InChI=1S/C23H25FN2O3/c24-19-9-5-18(6-10-19)23(28)26-15-3-4-20(26)16-29-21-11-7-17(8-12-21)22(27)25-13-1-2-14-25/h5-12,20H,1-4,13-16H2. The van der Waals surface area contributed by atoms with Crippen LogP contribution in [0, 0.1) is 5.82 Å². The minimum atomic E-state index is -0.352. The maximum atomic E-state index is 13.1. The van der Waals surface area contributed by atoms with Gasteiger partial charge in [-0.1, -0.05) is 0 Å². The molecule has 6 heteroatoms. The third-order valence-corrected chi connectivity index (χ3v) is 5.67. The van der Waals surface area contributed by atoms with E-state index in [0.717, 1.165) is 38.8 Å². The van der Waals surface area contributed by atoms with Gasteiger partial charge in [0.05, 0.1) is 6.04 Å². The Morgan fingerprint density at radius 2 is 1.48 bits per heavy atom. The quantitative estimate of drug-likeness (QED) is 0.774. The van der Waals surface area contributed by atoms with Crippen LogP contribution in [0.15, 0.2) is 48.5 Å². The van der Waals surface area contributed by atoms with Gasteiger partial charge in [-0.15, -0.1) is 0 Å². The van der Waals surface area contributed by atoms with Crippen molar-refractivity contribution >= 4 is 11.8 Å². The fourth-order valence-corrected chi connectivity index (χ4v) is 4.02. The van der Waals surface area contributed by atoms with Gasteiger partial charge >= 0.3 is 0 Å². The summed E-state index contributed by atoms with van der Waals surface area (Å²) in [6, 6.07) is 12.8. The minimum Gasteiger partial charge on any atom is -0.491 e. The predicted molar refractivity (Wildman–Crippen MR) is 108 cm³/mol. The molecule has 0 spiro atoms. The molecule has 0 aliphatic carbocycles. The Hall–Kier alpha value is -2.89. The lowest BCUT2D eigenvalue weighted by Crippen LogP contribution is -2.39. The lowest BCUT2D eigenvalue weighted by Gasteiger charge is -2.25. The zero-order valence-electron chi connectivity index (χ0n) is 16.4. The Morgan fingerprint density at radius 3 is 2.17 bits per heavy atom. The molecule has 2 aromatic rings. The van der Waals surface area contributed by atoms with Gasteiger partial charge < -0.3 is 14.5 Å². The van der Waals surface area contributed by atoms with E-state index in [0.29, 0.717) is 30.0 Å². The minimum absolute atomic E-state index is 0.0153. The highest BCUT2D eigenvalue weighted by molar-refractivity contribution is 5.95. The molecule has 4 rings (SSSR count). The average molecular weight is 396 g/mol. The maximum absolute atomic E-state index is 13.1. The normalized spacial score (nSPS) is 18.9. The Bertz CT molecular complexity index is 861. The molecule has 0 aromatic heterocycles. The fraction of sp³-hybridized carbons (Fsp3) is 0.391. The second-order valence-corrected chi connectivity index (χ2v) is 7.64. The number of amides is 2. The average Bonchev–Trinajstić information content (AvgIpc) is 3.44. The molecule has 0 bridgehead atoms. The van der Waals surface area contributed by atoms with Crippen molar-refractivity contribution in [3.05, 3.63) is 65.5 Å². The topological polar surface area (TPSA) is 49.9 Å². The Balaban J connectivity index is 1.34. The SMILES string of the molecule is O=C(c1ccc(OCC2CCCN2C(=O)c2ccc(F)cc2)cc1)N1CCCC1. The highest BCUT2D eigenvalue weighted by Crippen LogP contribution is 2.22. The number of hydrogen-bond donors (Lipinski definition) is 0. The summed E-state index contributed by atoms with van der Waals surface area (Å²) in [5, 5.41) is 0. The van der Waals surface area contributed by atoms with Gasteiger partial charge in [0, 0.05) is 30.8 Å². The molecule has 1 unspecified atom stereocenters. The van der Waals surface area contributed by atoms with Crippen LogP contribution in [0.25, 0.3) is 0 Å². The van der Waals surface area contributed by atoms with Gasteiger partial charge in [-0.2, -0.15) is 0 Å². The number of rotatable bonds is 5. The summed E-state index contributed by atoms with van der Waals surface area (Å²) in [6.45, 7) is 2.73. The summed E-state index contributed by atoms with van der Waals surface area (Å²) in [6.07, 6.45) is 3.94. The molecule has 1 atom stereocenters. The van der Waals surface area contributed by atoms with Crippen LogP contribution < -0.4 is 4.74 Å². The zero-order chi connectivity index (χ0) is 20.2. The van der Waals surface area contributed by atoms with Crippen molar-refractivity contribution < 1.29 is 18.7 Å². The van der Waals surface area contributed by atoms with Gasteiger partial charge in [0.25, 0.3) is 11.8 Å². The molecule has 2 saturated heterocycles. The number of carbonyl (C=O) groups excluding carboxylic acids is 2. The summed E-state index contributed by atoms with van der Waals surface area (Å²) in [5.74, 6) is 0.308. The van der Waals surface area contributed by atoms with Gasteiger partial charge in [0.15, 0.2) is 0 Å². The molecule has 0 N–H and O–H groups in total. The number of carbonyl (C=O) groups is 2. The first-order chi connectivity index (χ1) is 14.1. The zero-order valence-corrected chi connectivity index (χ0v) is 16.4. The molecule has 152 valence electrons. The fourth-order valence-electron chi connectivity index (χ4n) is 4.02. The van der Waals surface area contributed by atoms with Crippen LogP contribution in [0.4, 0.5) is 4.39 Å². The number of nitrogens with zero attached hydrogens (tertiary/aromatic N) is 2. The Labute approximate surface area is 170 Å². The first kappa shape index (κ1) is 19.4. The molecule has 2 amide bonds. The van der Waals surface area contributed by atoms with Gasteiger partial charge in [0.1, 0.15) is 18.2 Å². The van der Waals surface area contributed by atoms with Crippen molar-refractivity contribution in [2.45, 2.75) is 31.7 Å². The van der Waals surface area contributed by atoms with Crippen LogP contribution in [0.5, 0.6) is 5.75 Å². The summed E-state index contributed by atoms with van der Waals surface area (Å²) in [5.41, 5.74) is 1.16. The molecule has 2 aliphatic rings. The largest absolute Gasteiger partial charge is 0.491 e. The van der Waals surface area contributed by atoms with Crippen molar-refractivity contribution in [3.63, 3.8) is 0 Å². The van der Waals surface area contributed by atoms with Crippen LogP contribution in [0.1, 0.15) is 46.4 Å². The molecule has 2 fully saturated rings. The Kier molecular flexibility index (Phi) is 5.79. The van der Waals surface area contributed by atoms with E-state index < -0.39 is 0 Å².